The summed E-state index contributed by atoms with van der Waals surface area (Å²) in [6, 6.07) is 8.18. The van der Waals surface area contributed by atoms with Crippen molar-refractivity contribution in [3.05, 3.63) is 35.7 Å². The summed E-state index contributed by atoms with van der Waals surface area (Å²) in [7, 11) is 0. The van der Waals surface area contributed by atoms with Gasteiger partial charge in [-0.3, -0.25) is 4.79 Å². The highest BCUT2D eigenvalue weighted by molar-refractivity contribution is 8.00. The molecule has 6 nitrogen and oxygen atoms in total. The molecule has 2 aliphatic rings. The zero-order chi connectivity index (χ0) is 18.8. The van der Waals surface area contributed by atoms with Crippen LogP contribution in [0.5, 0.6) is 0 Å². The predicted molar refractivity (Wildman–Crippen MR) is 108 cm³/mol. The largest absolute Gasteiger partial charge is 0.336 e. The van der Waals surface area contributed by atoms with Gasteiger partial charge in [-0.15, -0.1) is 10.2 Å². The van der Waals surface area contributed by atoms with Crippen molar-refractivity contribution in [1.82, 2.24) is 14.9 Å². The van der Waals surface area contributed by atoms with Crippen molar-refractivity contribution in [1.29, 1.82) is 0 Å². The molecule has 2 N–H and O–H groups in total. The van der Waals surface area contributed by atoms with Crippen molar-refractivity contribution in [2.24, 2.45) is 0 Å². The number of aryl methyl sites for hydroxylation is 1. The molecule has 144 valence electrons. The molecule has 1 aromatic carbocycles. The topological polar surface area (TPSA) is 77.0 Å². The molecule has 2 aromatic rings. The number of hydrogen-bond donors (Lipinski definition) is 1. The lowest BCUT2D eigenvalue weighted by Gasteiger charge is -2.31. The average molecular weight is 386 g/mol. The second-order valence-electron chi connectivity index (χ2n) is 7.53. The van der Waals surface area contributed by atoms with E-state index in [2.05, 4.69) is 16.3 Å². The number of anilines is 1. The van der Waals surface area contributed by atoms with Gasteiger partial charge in [0.2, 0.25) is 11.1 Å². The first kappa shape index (κ1) is 18.3. The van der Waals surface area contributed by atoms with Crippen LogP contribution in [0, 0.1) is 0 Å². The minimum absolute atomic E-state index is 0.106. The van der Waals surface area contributed by atoms with Crippen LogP contribution in [0.4, 0.5) is 5.69 Å². The molecule has 1 amide bonds. The van der Waals surface area contributed by atoms with Gasteiger partial charge in [0.1, 0.15) is 0 Å². The quantitative estimate of drug-likeness (QED) is 0.644. The van der Waals surface area contributed by atoms with E-state index in [1.807, 2.05) is 30.0 Å². The van der Waals surface area contributed by atoms with Gasteiger partial charge in [0.05, 0.1) is 5.25 Å². The maximum atomic E-state index is 13.1. The summed E-state index contributed by atoms with van der Waals surface area (Å²) in [5.41, 5.74) is 2.29. The minimum atomic E-state index is -0.262. The summed E-state index contributed by atoms with van der Waals surface area (Å²) in [5.74, 6) is 7.64. The number of fused-ring (bicyclic) bond motifs is 1. The van der Waals surface area contributed by atoms with Crippen molar-refractivity contribution in [3.8, 4) is 0 Å². The molecule has 0 bridgehead atoms. The van der Waals surface area contributed by atoms with Crippen molar-refractivity contribution in [2.45, 2.75) is 68.2 Å². The molecule has 1 aromatic heterocycles. The van der Waals surface area contributed by atoms with Crippen molar-refractivity contribution >= 4 is 23.4 Å². The first-order chi connectivity index (χ1) is 13.1. The maximum Gasteiger partial charge on any atom is 0.240 e. The van der Waals surface area contributed by atoms with Gasteiger partial charge in [-0.05, 0) is 44.2 Å². The van der Waals surface area contributed by atoms with Crippen molar-refractivity contribution < 1.29 is 4.79 Å². The fourth-order valence-electron chi connectivity index (χ4n) is 4.20. The molecule has 4 rings (SSSR count). The minimum Gasteiger partial charge on any atom is -0.336 e. The Kier molecular flexibility index (Phi) is 5.38. The Labute approximate surface area is 164 Å². The van der Waals surface area contributed by atoms with E-state index in [0.717, 1.165) is 43.7 Å². The Bertz CT molecular complexity index is 814. The van der Waals surface area contributed by atoms with Crippen LogP contribution < -0.4 is 10.7 Å². The van der Waals surface area contributed by atoms with E-state index in [0.29, 0.717) is 11.1 Å². The summed E-state index contributed by atoms with van der Waals surface area (Å²) < 4.78 is 1.61. The summed E-state index contributed by atoms with van der Waals surface area (Å²) in [6.45, 7) is 2.70. The number of hydrogen-bond acceptors (Lipinski definition) is 5. The van der Waals surface area contributed by atoms with Crippen LogP contribution in [0.15, 0.2) is 29.4 Å². The average Bonchev–Trinajstić information content (AvgIpc) is 3.08. The number of rotatable bonds is 4. The van der Waals surface area contributed by atoms with E-state index in [4.69, 9.17) is 5.84 Å². The van der Waals surface area contributed by atoms with Crippen LogP contribution in [0.3, 0.4) is 0 Å². The van der Waals surface area contributed by atoms with Gasteiger partial charge in [0.15, 0.2) is 5.82 Å². The zero-order valence-electron chi connectivity index (χ0n) is 15.8. The fraction of sp³-hybridized carbons (Fsp3) is 0.550. The number of benzene rings is 1. The number of nitrogens with two attached hydrogens (primary N) is 1. The number of para-hydroxylation sites is 1. The number of amides is 1. The highest BCUT2D eigenvalue weighted by atomic mass is 32.2. The number of carbonyl (C=O) groups excluding carboxylic acids is 1. The Hall–Kier alpha value is -2.02. The second kappa shape index (κ2) is 7.92. The number of aromatic nitrogens is 3. The molecule has 1 aliphatic heterocycles. The van der Waals surface area contributed by atoms with Gasteiger partial charge in [0.25, 0.3) is 0 Å². The van der Waals surface area contributed by atoms with Gasteiger partial charge in [0, 0.05) is 18.2 Å². The summed E-state index contributed by atoms with van der Waals surface area (Å²) >= 11 is 1.40. The Morgan fingerprint density at radius 2 is 1.96 bits per heavy atom. The molecule has 0 saturated heterocycles. The molecule has 1 atom stereocenters. The third-order valence-corrected chi connectivity index (χ3v) is 6.71. The first-order valence-electron chi connectivity index (χ1n) is 9.91. The Balaban J connectivity index is 1.47. The van der Waals surface area contributed by atoms with E-state index in [1.165, 1.54) is 36.6 Å². The SMILES string of the molecule is C[C@@H](Sc1nnc(C2CCCCC2)n1N)C(=O)N1CCCc2ccccc21. The normalized spacial score (nSPS) is 18.9. The first-order valence-corrected chi connectivity index (χ1v) is 10.8. The molecule has 7 heteroatoms. The molecule has 0 spiro atoms. The lowest BCUT2D eigenvalue weighted by Crippen LogP contribution is -2.40. The number of carbonyl (C=O) groups is 1. The summed E-state index contributed by atoms with van der Waals surface area (Å²) in [6.07, 6.45) is 8.02. The number of nitrogen functional groups attached to an aromatic ring is 1. The highest BCUT2D eigenvalue weighted by Crippen LogP contribution is 2.34. The number of nitrogens with zero attached hydrogens (tertiary/aromatic N) is 4. The Morgan fingerprint density at radius 1 is 1.19 bits per heavy atom. The zero-order valence-corrected chi connectivity index (χ0v) is 16.6. The number of thioether (sulfide) groups is 1. The van der Waals surface area contributed by atoms with E-state index in [1.54, 1.807) is 4.68 Å². The summed E-state index contributed by atoms with van der Waals surface area (Å²) in [5, 5.41) is 8.99. The highest BCUT2D eigenvalue weighted by Gasteiger charge is 2.29. The van der Waals surface area contributed by atoms with Gasteiger partial charge in [-0.1, -0.05) is 49.2 Å². The smallest absolute Gasteiger partial charge is 0.240 e. The van der Waals surface area contributed by atoms with Crippen molar-refractivity contribution in [3.63, 3.8) is 0 Å². The Morgan fingerprint density at radius 3 is 2.78 bits per heavy atom. The summed E-state index contributed by atoms with van der Waals surface area (Å²) in [4.78, 5) is 15.0. The van der Waals surface area contributed by atoms with E-state index in [9.17, 15) is 4.79 Å². The van der Waals surface area contributed by atoms with E-state index >= 15 is 0 Å². The molecule has 1 fully saturated rings. The van der Waals surface area contributed by atoms with Crippen LogP contribution in [-0.2, 0) is 11.2 Å². The molecule has 2 heterocycles. The van der Waals surface area contributed by atoms with E-state index < -0.39 is 0 Å². The molecule has 1 aliphatic carbocycles. The molecule has 1 saturated carbocycles. The molecular weight excluding hydrogens is 358 g/mol. The third-order valence-electron chi connectivity index (χ3n) is 5.67. The van der Waals surface area contributed by atoms with Crippen LogP contribution in [0.25, 0.3) is 0 Å². The van der Waals surface area contributed by atoms with Crippen LogP contribution >= 0.6 is 11.8 Å². The standard InChI is InChI=1S/C20H27N5OS/c1-14(19(26)24-13-7-11-15-8-5-6-12-17(15)24)27-20-23-22-18(25(20)21)16-9-3-2-4-10-16/h5-6,8,12,14,16H,2-4,7,9-11,13,21H2,1H3/t14-/m1/s1. The monoisotopic (exact) mass is 385 g/mol. The van der Waals surface area contributed by atoms with Gasteiger partial charge >= 0.3 is 0 Å². The van der Waals surface area contributed by atoms with E-state index in [-0.39, 0.29) is 11.2 Å². The molecular formula is C20H27N5OS. The third kappa shape index (κ3) is 3.70. The van der Waals surface area contributed by atoms with Crippen LogP contribution in [0.2, 0.25) is 0 Å². The van der Waals surface area contributed by atoms with Crippen LogP contribution in [0.1, 0.15) is 62.8 Å². The fourth-order valence-corrected chi connectivity index (χ4v) is 5.04. The van der Waals surface area contributed by atoms with Crippen molar-refractivity contribution in [2.75, 3.05) is 17.3 Å². The lowest BCUT2D eigenvalue weighted by atomic mass is 9.89. The van der Waals surface area contributed by atoms with Gasteiger partial charge in [-0.25, -0.2) is 4.68 Å². The predicted octanol–water partition coefficient (Wildman–Crippen LogP) is 3.50. The van der Waals surface area contributed by atoms with Crippen LogP contribution in [-0.4, -0.2) is 32.6 Å². The maximum absolute atomic E-state index is 13.1. The lowest BCUT2D eigenvalue weighted by molar-refractivity contribution is -0.117. The molecule has 27 heavy (non-hydrogen) atoms. The second-order valence-corrected chi connectivity index (χ2v) is 8.84. The molecule has 0 unspecified atom stereocenters. The van der Waals surface area contributed by atoms with Gasteiger partial charge in [-0.2, -0.15) is 0 Å². The molecule has 0 radical (unpaired) electrons. The van der Waals surface area contributed by atoms with Gasteiger partial charge < -0.3 is 10.7 Å².